The van der Waals surface area contributed by atoms with Gasteiger partial charge in [0.25, 0.3) is 0 Å². The van der Waals surface area contributed by atoms with Crippen LogP contribution in [0.1, 0.15) is 44.5 Å². The molecule has 0 aromatic heterocycles. The Kier molecular flexibility index (Phi) is 4.80. The van der Waals surface area contributed by atoms with E-state index in [9.17, 15) is 18.0 Å². The van der Waals surface area contributed by atoms with Crippen LogP contribution in [0.3, 0.4) is 0 Å². The molecule has 1 saturated heterocycles. The van der Waals surface area contributed by atoms with E-state index in [4.69, 9.17) is 4.74 Å². The fraction of sp³-hybridized carbons (Fsp3) is 0.562. The lowest BCUT2D eigenvalue weighted by molar-refractivity contribution is -0.140. The van der Waals surface area contributed by atoms with Crippen molar-refractivity contribution in [2.75, 3.05) is 6.54 Å². The van der Waals surface area contributed by atoms with Crippen molar-refractivity contribution in [1.82, 2.24) is 4.90 Å². The number of carbonyl (C=O) groups excluding carboxylic acids is 1. The van der Waals surface area contributed by atoms with Gasteiger partial charge in [0.2, 0.25) is 5.91 Å². The zero-order valence-electron chi connectivity index (χ0n) is 12.9. The van der Waals surface area contributed by atoms with E-state index < -0.39 is 18.0 Å². The van der Waals surface area contributed by atoms with Gasteiger partial charge in [-0.25, -0.2) is 0 Å². The molecule has 1 aromatic carbocycles. The predicted octanol–water partition coefficient (Wildman–Crippen LogP) is 4.00. The number of nitrogens with zero attached hydrogens (tertiary/aromatic N) is 1. The van der Waals surface area contributed by atoms with Gasteiger partial charge in [0.05, 0.1) is 11.7 Å². The minimum Gasteiger partial charge on any atom is -0.349 e. The molecule has 0 aliphatic carbocycles. The van der Waals surface area contributed by atoms with Gasteiger partial charge in [0.1, 0.15) is 0 Å². The first kappa shape index (κ1) is 16.8. The Labute approximate surface area is 128 Å². The van der Waals surface area contributed by atoms with Crippen molar-refractivity contribution < 1.29 is 22.7 Å². The predicted molar refractivity (Wildman–Crippen MR) is 75.9 cm³/mol. The normalized spacial score (nSPS) is 22.4. The zero-order valence-corrected chi connectivity index (χ0v) is 12.9. The summed E-state index contributed by atoms with van der Waals surface area (Å²) in [6.45, 7) is 5.88. The van der Waals surface area contributed by atoms with Crippen LogP contribution < -0.4 is 0 Å². The summed E-state index contributed by atoms with van der Waals surface area (Å²) in [4.78, 5) is 13.8. The van der Waals surface area contributed by atoms with E-state index in [0.717, 1.165) is 12.1 Å². The number of carbonyl (C=O) groups is 1. The molecule has 1 aromatic rings. The Morgan fingerprint density at radius 2 is 2.09 bits per heavy atom. The molecule has 1 aliphatic rings. The maximum atomic E-state index is 12.9. The summed E-state index contributed by atoms with van der Waals surface area (Å²) in [7, 11) is 0. The van der Waals surface area contributed by atoms with Gasteiger partial charge in [0.15, 0.2) is 6.23 Å². The number of ether oxygens (including phenoxy) is 1. The van der Waals surface area contributed by atoms with Crippen LogP contribution in [0.2, 0.25) is 0 Å². The van der Waals surface area contributed by atoms with Gasteiger partial charge < -0.3 is 9.64 Å². The van der Waals surface area contributed by atoms with Crippen molar-refractivity contribution >= 4 is 5.91 Å². The molecule has 0 radical (unpaired) electrons. The maximum Gasteiger partial charge on any atom is 0.416 e. The molecule has 1 aliphatic heterocycles. The zero-order chi connectivity index (χ0) is 16.5. The van der Waals surface area contributed by atoms with Gasteiger partial charge in [-0.05, 0) is 18.6 Å². The highest BCUT2D eigenvalue weighted by Gasteiger charge is 2.38. The molecule has 0 N–H and O–H groups in total. The SMILES string of the molecule is CCC1CN(C(=O)C(C)C)C(c2cccc(C(F)(F)F)c2)O1. The molecule has 22 heavy (non-hydrogen) atoms. The third kappa shape index (κ3) is 3.43. The summed E-state index contributed by atoms with van der Waals surface area (Å²) in [5, 5.41) is 0. The molecule has 122 valence electrons. The minimum absolute atomic E-state index is 0.113. The van der Waals surface area contributed by atoms with Gasteiger partial charge in [-0.3, -0.25) is 4.79 Å². The largest absolute Gasteiger partial charge is 0.416 e. The summed E-state index contributed by atoms with van der Waals surface area (Å²) in [6, 6.07) is 4.99. The highest BCUT2D eigenvalue weighted by atomic mass is 19.4. The second kappa shape index (κ2) is 6.28. The summed E-state index contributed by atoms with van der Waals surface area (Å²) >= 11 is 0. The van der Waals surface area contributed by atoms with Crippen LogP contribution in [0, 0.1) is 5.92 Å². The van der Waals surface area contributed by atoms with Crippen LogP contribution in [0.5, 0.6) is 0 Å². The monoisotopic (exact) mass is 315 g/mol. The molecule has 3 nitrogen and oxygen atoms in total. The number of halogens is 3. The van der Waals surface area contributed by atoms with E-state index in [2.05, 4.69) is 0 Å². The lowest BCUT2D eigenvalue weighted by Crippen LogP contribution is -2.35. The quantitative estimate of drug-likeness (QED) is 0.844. The van der Waals surface area contributed by atoms with Gasteiger partial charge >= 0.3 is 6.18 Å². The lowest BCUT2D eigenvalue weighted by Gasteiger charge is -2.25. The molecule has 2 atom stereocenters. The van der Waals surface area contributed by atoms with Gasteiger partial charge in [-0.2, -0.15) is 13.2 Å². The van der Waals surface area contributed by atoms with Gasteiger partial charge in [0, 0.05) is 18.0 Å². The third-order valence-corrected chi connectivity index (χ3v) is 3.74. The van der Waals surface area contributed by atoms with Crippen molar-refractivity contribution in [1.29, 1.82) is 0 Å². The van der Waals surface area contributed by atoms with Crippen LogP contribution in [0.25, 0.3) is 0 Å². The molecule has 0 spiro atoms. The molecule has 1 fully saturated rings. The highest BCUT2D eigenvalue weighted by Crippen LogP contribution is 2.36. The average molecular weight is 315 g/mol. The fourth-order valence-electron chi connectivity index (χ4n) is 2.50. The molecule has 0 saturated carbocycles. The first-order valence-electron chi connectivity index (χ1n) is 7.37. The van der Waals surface area contributed by atoms with Gasteiger partial charge in [-0.1, -0.05) is 32.9 Å². The second-order valence-electron chi connectivity index (χ2n) is 5.79. The van der Waals surface area contributed by atoms with Crippen molar-refractivity contribution in [2.24, 2.45) is 5.92 Å². The van der Waals surface area contributed by atoms with Crippen LogP contribution in [0.15, 0.2) is 24.3 Å². The molecule has 0 bridgehead atoms. The summed E-state index contributed by atoms with van der Waals surface area (Å²) in [5.41, 5.74) is -0.370. The summed E-state index contributed by atoms with van der Waals surface area (Å²) < 4.78 is 44.4. The van der Waals surface area contributed by atoms with E-state index in [1.165, 1.54) is 11.0 Å². The Morgan fingerprint density at radius 3 is 2.64 bits per heavy atom. The highest BCUT2D eigenvalue weighted by molar-refractivity contribution is 5.78. The smallest absolute Gasteiger partial charge is 0.349 e. The number of alkyl halides is 3. The van der Waals surface area contributed by atoms with Crippen LogP contribution in [-0.4, -0.2) is 23.5 Å². The lowest BCUT2D eigenvalue weighted by atomic mass is 10.1. The van der Waals surface area contributed by atoms with Crippen molar-refractivity contribution in [3.8, 4) is 0 Å². The first-order chi connectivity index (χ1) is 10.2. The molecule has 1 amide bonds. The van der Waals surface area contributed by atoms with Crippen LogP contribution in [-0.2, 0) is 15.7 Å². The topological polar surface area (TPSA) is 29.5 Å². The van der Waals surface area contributed by atoms with E-state index in [1.807, 2.05) is 6.92 Å². The van der Waals surface area contributed by atoms with E-state index in [0.29, 0.717) is 18.5 Å². The number of hydrogen-bond acceptors (Lipinski definition) is 2. The number of benzene rings is 1. The number of amides is 1. The van der Waals surface area contributed by atoms with E-state index in [-0.39, 0.29) is 17.9 Å². The van der Waals surface area contributed by atoms with Crippen LogP contribution >= 0.6 is 0 Å². The molecule has 6 heteroatoms. The van der Waals surface area contributed by atoms with E-state index in [1.54, 1.807) is 19.9 Å². The molecular weight excluding hydrogens is 295 g/mol. The third-order valence-electron chi connectivity index (χ3n) is 3.74. The molecule has 2 rings (SSSR count). The number of rotatable bonds is 3. The van der Waals surface area contributed by atoms with Crippen LogP contribution in [0.4, 0.5) is 13.2 Å². The first-order valence-corrected chi connectivity index (χ1v) is 7.37. The maximum absolute atomic E-state index is 12.9. The summed E-state index contributed by atoms with van der Waals surface area (Å²) in [6.07, 6.45) is -4.60. The Morgan fingerprint density at radius 1 is 1.41 bits per heavy atom. The minimum atomic E-state index is -4.41. The second-order valence-corrected chi connectivity index (χ2v) is 5.79. The van der Waals surface area contributed by atoms with Crippen molar-refractivity contribution in [3.05, 3.63) is 35.4 Å². The summed E-state index contributed by atoms with van der Waals surface area (Å²) in [5.74, 6) is -0.342. The standard InChI is InChI=1S/C16H20F3NO2/c1-4-13-9-20(14(21)10(2)3)15(22-13)11-6-5-7-12(8-11)16(17,18)19/h5-8,10,13,15H,4,9H2,1-3H3. The van der Waals surface area contributed by atoms with Crippen molar-refractivity contribution in [3.63, 3.8) is 0 Å². The molecular formula is C16H20F3NO2. The van der Waals surface area contributed by atoms with E-state index >= 15 is 0 Å². The molecule has 2 unspecified atom stereocenters. The molecule has 1 heterocycles. The van der Waals surface area contributed by atoms with Crippen molar-refractivity contribution in [2.45, 2.75) is 45.7 Å². The Hall–Kier alpha value is -1.56. The van der Waals surface area contributed by atoms with Gasteiger partial charge in [-0.15, -0.1) is 0 Å². The average Bonchev–Trinajstić information content (AvgIpc) is 2.89. The Bertz CT molecular complexity index is 542. The Balaban J connectivity index is 2.34. The number of hydrogen-bond donors (Lipinski definition) is 0. The fourth-order valence-corrected chi connectivity index (χ4v) is 2.50.